The van der Waals surface area contributed by atoms with Gasteiger partial charge in [0.25, 0.3) is 0 Å². The second-order valence-electron chi connectivity index (χ2n) is 4.73. The lowest BCUT2D eigenvalue weighted by molar-refractivity contribution is -0.117. The fraction of sp³-hybridized carbons (Fsp3) is 0.231. The number of carbonyl (C=O) groups excluding carboxylic acids is 1. The van der Waals surface area contributed by atoms with Crippen LogP contribution in [-0.4, -0.2) is 16.4 Å². The molecule has 0 atom stereocenters. The average molecular weight is 225 g/mol. The second kappa shape index (κ2) is 2.77. The van der Waals surface area contributed by atoms with Gasteiger partial charge in [0.15, 0.2) is 0 Å². The number of nitrogens with one attached hydrogen (secondary N) is 2. The van der Waals surface area contributed by atoms with Gasteiger partial charge in [0, 0.05) is 5.39 Å². The Morgan fingerprint density at radius 1 is 1.24 bits per heavy atom. The minimum Gasteiger partial charge on any atom is -0.369 e. The molecule has 1 saturated carbocycles. The number of nitrogens with zero attached hydrogens (tertiary/aromatic N) is 1. The first kappa shape index (κ1) is 8.98. The summed E-state index contributed by atoms with van der Waals surface area (Å²) in [5.41, 5.74) is 2.39. The first-order valence-corrected chi connectivity index (χ1v) is 5.76. The van der Waals surface area contributed by atoms with Crippen molar-refractivity contribution >= 4 is 28.2 Å². The van der Waals surface area contributed by atoms with Gasteiger partial charge in [-0.2, -0.15) is 0 Å². The van der Waals surface area contributed by atoms with Crippen molar-refractivity contribution in [3.63, 3.8) is 0 Å². The van der Waals surface area contributed by atoms with Gasteiger partial charge in [-0.15, -0.1) is 0 Å². The Morgan fingerprint density at radius 2 is 2.06 bits per heavy atom. The van der Waals surface area contributed by atoms with Gasteiger partial charge in [0.05, 0.1) is 23.1 Å². The summed E-state index contributed by atoms with van der Waals surface area (Å²) in [5, 5.41) is 7.39. The molecular formula is C13H11N3O. The Bertz CT molecular complexity index is 646. The van der Waals surface area contributed by atoms with E-state index in [0.717, 1.165) is 35.1 Å². The Hall–Kier alpha value is -2.10. The highest BCUT2D eigenvalue weighted by Crippen LogP contribution is 2.46. The topological polar surface area (TPSA) is 54.0 Å². The van der Waals surface area contributed by atoms with Gasteiger partial charge < -0.3 is 10.6 Å². The van der Waals surface area contributed by atoms with Crippen LogP contribution in [0.1, 0.15) is 12.8 Å². The first-order valence-electron chi connectivity index (χ1n) is 5.76. The van der Waals surface area contributed by atoms with Gasteiger partial charge in [0.2, 0.25) is 5.91 Å². The summed E-state index contributed by atoms with van der Waals surface area (Å²) < 4.78 is 0. The second-order valence-corrected chi connectivity index (χ2v) is 4.73. The minimum absolute atomic E-state index is 0.0714. The zero-order chi connectivity index (χ0) is 11.5. The van der Waals surface area contributed by atoms with Crippen LogP contribution in [0.5, 0.6) is 0 Å². The quantitative estimate of drug-likeness (QED) is 0.722. The third-order valence-electron chi connectivity index (χ3n) is 3.57. The van der Waals surface area contributed by atoms with Crippen molar-refractivity contribution in [1.29, 1.82) is 0 Å². The zero-order valence-electron chi connectivity index (χ0n) is 9.16. The predicted molar refractivity (Wildman–Crippen MR) is 66.0 cm³/mol. The summed E-state index contributed by atoms with van der Waals surface area (Å²) >= 11 is 0. The summed E-state index contributed by atoms with van der Waals surface area (Å²) in [6.45, 7) is 0. The van der Waals surface area contributed by atoms with Crippen molar-refractivity contribution in [3.05, 3.63) is 30.5 Å². The van der Waals surface area contributed by atoms with Crippen LogP contribution in [0.4, 0.5) is 11.4 Å². The van der Waals surface area contributed by atoms with Crippen LogP contribution in [0, 0.1) is 0 Å². The van der Waals surface area contributed by atoms with Crippen molar-refractivity contribution in [3.8, 4) is 0 Å². The fourth-order valence-corrected chi connectivity index (χ4v) is 2.39. The zero-order valence-corrected chi connectivity index (χ0v) is 9.16. The van der Waals surface area contributed by atoms with E-state index < -0.39 is 0 Å². The third-order valence-corrected chi connectivity index (χ3v) is 3.57. The summed E-state index contributed by atoms with van der Waals surface area (Å²) in [7, 11) is 0. The predicted octanol–water partition coefficient (Wildman–Crippen LogP) is 2.13. The number of pyridine rings is 1. The molecule has 0 saturated heterocycles. The van der Waals surface area contributed by atoms with Crippen LogP contribution in [0.25, 0.3) is 10.9 Å². The molecule has 17 heavy (non-hydrogen) atoms. The molecule has 2 aromatic rings. The maximum atomic E-state index is 11.9. The van der Waals surface area contributed by atoms with E-state index in [0.29, 0.717) is 0 Å². The smallest absolute Gasteiger partial charge is 0.250 e. The maximum absolute atomic E-state index is 11.9. The summed E-state index contributed by atoms with van der Waals surface area (Å²) in [6, 6.07) is 7.97. The van der Waals surface area contributed by atoms with Crippen molar-refractivity contribution in [1.82, 2.24) is 4.98 Å². The van der Waals surface area contributed by atoms with Gasteiger partial charge in [-0.1, -0.05) is 18.2 Å². The van der Waals surface area contributed by atoms with Crippen molar-refractivity contribution in [2.45, 2.75) is 18.4 Å². The molecule has 1 aromatic heterocycles. The molecule has 2 N–H and O–H groups in total. The number of amides is 1. The molecule has 2 heterocycles. The molecule has 84 valence electrons. The Morgan fingerprint density at radius 3 is 2.88 bits per heavy atom. The Balaban J connectivity index is 1.99. The average Bonchev–Trinajstić information content (AvgIpc) is 3.12. The molecule has 1 aliphatic carbocycles. The molecular weight excluding hydrogens is 214 g/mol. The highest BCUT2D eigenvalue weighted by atomic mass is 16.2. The van der Waals surface area contributed by atoms with E-state index in [1.54, 1.807) is 6.20 Å². The lowest BCUT2D eigenvalue weighted by Gasteiger charge is -2.27. The number of para-hydroxylation sites is 1. The minimum atomic E-state index is -0.350. The number of hydrogen-bond donors (Lipinski definition) is 2. The molecule has 4 nitrogen and oxygen atoms in total. The molecule has 1 aromatic carbocycles. The number of carbonyl (C=O) groups is 1. The Labute approximate surface area is 98.0 Å². The number of anilines is 2. The summed E-state index contributed by atoms with van der Waals surface area (Å²) in [6.07, 6.45) is 3.54. The van der Waals surface area contributed by atoms with Gasteiger partial charge in [-0.25, -0.2) is 0 Å². The fourth-order valence-electron chi connectivity index (χ4n) is 2.39. The Kier molecular flexibility index (Phi) is 1.46. The van der Waals surface area contributed by atoms with Crippen LogP contribution in [0.3, 0.4) is 0 Å². The molecule has 4 heteroatoms. The summed E-state index contributed by atoms with van der Waals surface area (Å²) in [4.78, 5) is 16.2. The molecule has 0 unspecified atom stereocenters. The highest BCUT2D eigenvalue weighted by molar-refractivity contribution is 6.12. The van der Waals surface area contributed by atoms with Crippen LogP contribution in [-0.2, 0) is 4.79 Å². The molecule has 2 aliphatic rings. The van der Waals surface area contributed by atoms with E-state index in [1.807, 2.05) is 24.3 Å². The van der Waals surface area contributed by atoms with E-state index in [-0.39, 0.29) is 11.4 Å². The lowest BCUT2D eigenvalue weighted by atomic mass is 10.1. The summed E-state index contributed by atoms with van der Waals surface area (Å²) in [5.74, 6) is 0.0714. The van der Waals surface area contributed by atoms with E-state index in [2.05, 4.69) is 15.6 Å². The van der Waals surface area contributed by atoms with Crippen molar-refractivity contribution < 1.29 is 4.79 Å². The standard InChI is InChI=1S/C13H11N3O/c17-12-13(5-6-13)16-11-8-3-1-2-4-9(8)14-7-10(11)15-12/h1-4,7,16H,5-6H2,(H,15,17). The number of aromatic nitrogens is 1. The molecule has 1 amide bonds. The number of rotatable bonds is 0. The van der Waals surface area contributed by atoms with Crippen molar-refractivity contribution in [2.24, 2.45) is 0 Å². The van der Waals surface area contributed by atoms with Gasteiger partial charge in [-0.3, -0.25) is 9.78 Å². The van der Waals surface area contributed by atoms with E-state index in [1.165, 1.54) is 0 Å². The SMILES string of the molecule is O=C1Nc2cnc3ccccc3c2NC12CC2. The number of fused-ring (bicyclic) bond motifs is 3. The van der Waals surface area contributed by atoms with Crippen LogP contribution >= 0.6 is 0 Å². The van der Waals surface area contributed by atoms with E-state index in [9.17, 15) is 4.79 Å². The maximum Gasteiger partial charge on any atom is 0.250 e. The number of hydrogen-bond acceptors (Lipinski definition) is 3. The van der Waals surface area contributed by atoms with Crippen molar-refractivity contribution in [2.75, 3.05) is 10.6 Å². The monoisotopic (exact) mass is 225 g/mol. The normalized spacial score (nSPS) is 19.6. The van der Waals surface area contributed by atoms with Crippen LogP contribution in [0.2, 0.25) is 0 Å². The largest absolute Gasteiger partial charge is 0.369 e. The molecule has 1 aliphatic heterocycles. The molecule has 0 radical (unpaired) electrons. The van der Waals surface area contributed by atoms with Crippen LogP contribution < -0.4 is 10.6 Å². The first-order chi connectivity index (χ1) is 8.28. The molecule has 4 rings (SSSR count). The van der Waals surface area contributed by atoms with Gasteiger partial charge >= 0.3 is 0 Å². The highest BCUT2D eigenvalue weighted by Gasteiger charge is 2.52. The van der Waals surface area contributed by atoms with Gasteiger partial charge in [-0.05, 0) is 18.9 Å². The van der Waals surface area contributed by atoms with Crippen LogP contribution in [0.15, 0.2) is 30.5 Å². The lowest BCUT2D eigenvalue weighted by Crippen LogP contribution is -2.41. The molecule has 0 bridgehead atoms. The third kappa shape index (κ3) is 1.12. The molecule has 1 fully saturated rings. The van der Waals surface area contributed by atoms with E-state index in [4.69, 9.17) is 0 Å². The molecule has 1 spiro atoms. The van der Waals surface area contributed by atoms with Gasteiger partial charge in [0.1, 0.15) is 5.54 Å². The number of benzene rings is 1. The van der Waals surface area contributed by atoms with E-state index >= 15 is 0 Å².